The maximum Gasteiger partial charge on any atom is 0.0343 e. The lowest BCUT2D eigenvalue weighted by molar-refractivity contribution is 0.263. The van der Waals surface area contributed by atoms with E-state index in [9.17, 15) is 0 Å². The van der Waals surface area contributed by atoms with Crippen molar-refractivity contribution in [1.82, 2.24) is 5.32 Å². The van der Waals surface area contributed by atoms with Crippen LogP contribution in [0.3, 0.4) is 0 Å². The summed E-state index contributed by atoms with van der Waals surface area (Å²) in [6.07, 6.45) is 8.24. The molecule has 104 valence electrons. The monoisotopic (exact) mass is 370 g/mol. The molecule has 2 aliphatic rings. The minimum atomic E-state index is 0.657. The lowest BCUT2D eigenvalue weighted by atomic mass is 9.79. The molecule has 1 saturated carbocycles. The number of benzene rings is 1. The maximum atomic E-state index is 3.79. The van der Waals surface area contributed by atoms with Crippen LogP contribution in [0.5, 0.6) is 0 Å². The van der Waals surface area contributed by atoms with Crippen molar-refractivity contribution in [2.45, 2.75) is 50.6 Å². The Kier molecular flexibility index (Phi) is 4.64. The molecular weight excluding hydrogens is 347 g/mol. The van der Waals surface area contributed by atoms with Crippen molar-refractivity contribution in [3.05, 3.63) is 27.8 Å². The van der Waals surface area contributed by atoms with Crippen LogP contribution in [-0.2, 0) is 0 Å². The molecule has 0 aromatic heterocycles. The molecule has 2 fully saturated rings. The second kappa shape index (κ2) is 6.44. The molecule has 0 radical (unpaired) electrons. The van der Waals surface area contributed by atoms with E-state index in [1.165, 1.54) is 54.3 Å². The molecule has 3 heteroatoms. The number of nitrogens with one attached hydrogen (secondary N) is 2. The van der Waals surface area contributed by atoms with E-state index in [-0.39, 0.29) is 0 Å². The van der Waals surface area contributed by atoms with Gasteiger partial charge >= 0.3 is 0 Å². The Balaban J connectivity index is 1.67. The SMILES string of the molecule is Ic1ccc(NC2CCCCC2C2CCCN2)cc1. The molecule has 1 saturated heterocycles. The Labute approximate surface area is 129 Å². The Morgan fingerprint density at radius 3 is 2.53 bits per heavy atom. The molecule has 1 aromatic carbocycles. The van der Waals surface area contributed by atoms with Gasteiger partial charge in [-0.25, -0.2) is 0 Å². The van der Waals surface area contributed by atoms with Gasteiger partial charge in [0.25, 0.3) is 0 Å². The summed E-state index contributed by atoms with van der Waals surface area (Å²) in [5.41, 5.74) is 1.29. The van der Waals surface area contributed by atoms with E-state index in [4.69, 9.17) is 0 Å². The molecule has 1 aliphatic carbocycles. The summed E-state index contributed by atoms with van der Waals surface area (Å²) < 4.78 is 1.31. The van der Waals surface area contributed by atoms with Crippen molar-refractivity contribution >= 4 is 28.3 Å². The molecule has 19 heavy (non-hydrogen) atoms. The van der Waals surface area contributed by atoms with Crippen molar-refractivity contribution in [3.63, 3.8) is 0 Å². The van der Waals surface area contributed by atoms with Gasteiger partial charge in [0.1, 0.15) is 0 Å². The van der Waals surface area contributed by atoms with Gasteiger partial charge in [-0.2, -0.15) is 0 Å². The quantitative estimate of drug-likeness (QED) is 0.786. The Morgan fingerprint density at radius 1 is 1.00 bits per heavy atom. The highest BCUT2D eigenvalue weighted by Crippen LogP contribution is 2.32. The topological polar surface area (TPSA) is 24.1 Å². The van der Waals surface area contributed by atoms with Crippen LogP contribution in [-0.4, -0.2) is 18.6 Å². The molecule has 0 spiro atoms. The maximum absolute atomic E-state index is 3.79. The third kappa shape index (κ3) is 3.43. The zero-order chi connectivity index (χ0) is 13.1. The Morgan fingerprint density at radius 2 is 1.79 bits per heavy atom. The van der Waals surface area contributed by atoms with Crippen molar-refractivity contribution in [1.29, 1.82) is 0 Å². The standard InChI is InChI=1S/C16H23IN2/c17-12-7-9-13(10-8-12)19-16-5-2-1-4-14(16)15-6-3-11-18-15/h7-10,14-16,18-19H,1-6,11H2. The number of halogens is 1. The highest BCUT2D eigenvalue weighted by molar-refractivity contribution is 14.1. The number of hydrogen-bond donors (Lipinski definition) is 2. The van der Waals surface area contributed by atoms with Crippen LogP contribution in [0.2, 0.25) is 0 Å². The van der Waals surface area contributed by atoms with Gasteiger partial charge in [0.05, 0.1) is 0 Å². The second-order valence-corrected chi connectivity index (χ2v) is 7.15. The van der Waals surface area contributed by atoms with Gasteiger partial charge in [-0.15, -0.1) is 0 Å². The van der Waals surface area contributed by atoms with Crippen molar-refractivity contribution < 1.29 is 0 Å². The molecule has 1 heterocycles. The van der Waals surface area contributed by atoms with E-state index in [2.05, 4.69) is 57.5 Å². The molecule has 2 N–H and O–H groups in total. The van der Waals surface area contributed by atoms with Gasteiger partial charge in [0.15, 0.2) is 0 Å². The summed E-state index contributed by atoms with van der Waals surface area (Å²) in [4.78, 5) is 0. The van der Waals surface area contributed by atoms with Crippen LogP contribution in [0.1, 0.15) is 38.5 Å². The molecule has 0 amide bonds. The van der Waals surface area contributed by atoms with E-state index in [0.29, 0.717) is 6.04 Å². The first-order valence-electron chi connectivity index (χ1n) is 7.58. The molecule has 1 aliphatic heterocycles. The fraction of sp³-hybridized carbons (Fsp3) is 0.625. The number of rotatable bonds is 3. The molecule has 3 rings (SSSR count). The van der Waals surface area contributed by atoms with Crippen LogP contribution in [0, 0.1) is 9.49 Å². The third-order valence-corrected chi connectivity index (χ3v) is 5.35. The summed E-state index contributed by atoms with van der Waals surface area (Å²) in [5, 5.41) is 7.50. The summed E-state index contributed by atoms with van der Waals surface area (Å²) >= 11 is 2.36. The van der Waals surface area contributed by atoms with Crippen LogP contribution >= 0.6 is 22.6 Å². The lowest BCUT2D eigenvalue weighted by Gasteiger charge is -2.36. The summed E-state index contributed by atoms with van der Waals surface area (Å²) in [7, 11) is 0. The average Bonchev–Trinajstić information content (AvgIpc) is 2.96. The Bertz CT molecular complexity index is 398. The van der Waals surface area contributed by atoms with Crippen molar-refractivity contribution in [3.8, 4) is 0 Å². The molecule has 2 nitrogen and oxygen atoms in total. The van der Waals surface area contributed by atoms with Crippen LogP contribution in [0.4, 0.5) is 5.69 Å². The second-order valence-electron chi connectivity index (χ2n) is 5.91. The van der Waals surface area contributed by atoms with E-state index in [0.717, 1.165) is 12.0 Å². The fourth-order valence-corrected chi connectivity index (χ4v) is 4.02. The smallest absolute Gasteiger partial charge is 0.0343 e. The first-order chi connectivity index (χ1) is 9.33. The normalized spacial score (nSPS) is 31.3. The highest BCUT2D eigenvalue weighted by atomic mass is 127. The lowest BCUT2D eigenvalue weighted by Crippen LogP contribution is -2.43. The van der Waals surface area contributed by atoms with Crippen LogP contribution < -0.4 is 10.6 Å². The van der Waals surface area contributed by atoms with Gasteiger partial charge < -0.3 is 10.6 Å². The van der Waals surface area contributed by atoms with Gasteiger partial charge in [0, 0.05) is 21.3 Å². The van der Waals surface area contributed by atoms with Crippen LogP contribution in [0.15, 0.2) is 24.3 Å². The molecule has 0 bridgehead atoms. The van der Waals surface area contributed by atoms with Gasteiger partial charge in [0.2, 0.25) is 0 Å². The van der Waals surface area contributed by atoms with Crippen molar-refractivity contribution in [2.75, 3.05) is 11.9 Å². The summed E-state index contributed by atoms with van der Waals surface area (Å²) in [6.45, 7) is 1.22. The molecule has 3 unspecified atom stereocenters. The molecular formula is C16H23IN2. The average molecular weight is 370 g/mol. The number of hydrogen-bond acceptors (Lipinski definition) is 2. The minimum absolute atomic E-state index is 0.657. The first kappa shape index (κ1) is 13.7. The molecule has 3 atom stereocenters. The molecule has 1 aromatic rings. The predicted molar refractivity (Wildman–Crippen MR) is 89.6 cm³/mol. The summed E-state index contributed by atoms with van der Waals surface area (Å²) in [5.74, 6) is 0.815. The van der Waals surface area contributed by atoms with E-state index < -0.39 is 0 Å². The zero-order valence-electron chi connectivity index (χ0n) is 11.4. The van der Waals surface area contributed by atoms with Crippen LogP contribution in [0.25, 0.3) is 0 Å². The van der Waals surface area contributed by atoms with E-state index in [1.54, 1.807) is 0 Å². The fourth-order valence-electron chi connectivity index (χ4n) is 3.66. The van der Waals surface area contributed by atoms with Gasteiger partial charge in [-0.1, -0.05) is 12.8 Å². The number of anilines is 1. The van der Waals surface area contributed by atoms with Crippen molar-refractivity contribution in [2.24, 2.45) is 5.92 Å². The predicted octanol–water partition coefficient (Wildman–Crippen LogP) is 4.01. The van der Waals surface area contributed by atoms with E-state index >= 15 is 0 Å². The zero-order valence-corrected chi connectivity index (χ0v) is 13.5. The minimum Gasteiger partial charge on any atom is -0.382 e. The summed E-state index contributed by atoms with van der Waals surface area (Å²) in [6, 6.07) is 10.2. The first-order valence-corrected chi connectivity index (χ1v) is 8.66. The Hall–Kier alpha value is -0.290. The van der Waals surface area contributed by atoms with Gasteiger partial charge in [-0.3, -0.25) is 0 Å². The van der Waals surface area contributed by atoms with E-state index in [1.807, 2.05) is 0 Å². The van der Waals surface area contributed by atoms with Gasteiger partial charge in [-0.05, 0) is 85.0 Å². The highest BCUT2D eigenvalue weighted by Gasteiger charge is 2.33. The third-order valence-electron chi connectivity index (χ3n) is 4.63. The largest absolute Gasteiger partial charge is 0.382 e.